The molecule has 0 saturated carbocycles. The summed E-state index contributed by atoms with van der Waals surface area (Å²) in [7, 11) is 1.93. The molecule has 4 unspecified atom stereocenters. The highest BCUT2D eigenvalue weighted by atomic mass is 32.3. The van der Waals surface area contributed by atoms with Crippen LogP contribution in [0.15, 0.2) is 0 Å². The van der Waals surface area contributed by atoms with Crippen molar-refractivity contribution in [1.82, 2.24) is 0 Å². The molecule has 11 heteroatoms. The molecule has 0 saturated heterocycles. The summed E-state index contributed by atoms with van der Waals surface area (Å²) in [6.07, 6.45) is -2.09. The Hall–Kier alpha value is -0.370. The van der Waals surface area contributed by atoms with Crippen LogP contribution in [0.2, 0.25) is 0 Å². The van der Waals surface area contributed by atoms with Gasteiger partial charge in [0.15, 0.2) is 24.9 Å². The van der Waals surface area contributed by atoms with E-state index in [1.54, 1.807) is 55.9 Å². The highest BCUT2D eigenvalue weighted by Crippen LogP contribution is 2.07. The van der Waals surface area contributed by atoms with Crippen molar-refractivity contribution in [3.63, 3.8) is 0 Å². The van der Waals surface area contributed by atoms with E-state index in [1.165, 1.54) is 0 Å². The number of aliphatic hydroxyl groups excluding tert-OH is 4. The van der Waals surface area contributed by atoms with Crippen LogP contribution in [0.3, 0.4) is 0 Å². The Morgan fingerprint density at radius 3 is 0.739 bits per heavy atom. The zero-order valence-electron chi connectivity index (χ0n) is 15.0. The van der Waals surface area contributed by atoms with Gasteiger partial charge in [-0.15, -0.1) is 0 Å². The molecule has 0 heterocycles. The highest BCUT2D eigenvalue weighted by molar-refractivity contribution is 7.79. The third-order valence-corrected chi connectivity index (χ3v) is 3.85. The van der Waals surface area contributed by atoms with Crippen LogP contribution in [-0.2, 0) is 10.4 Å². The second-order valence-corrected chi connectivity index (χ2v) is 7.01. The summed E-state index contributed by atoms with van der Waals surface area (Å²) in [6, 6.07) is 0. The Morgan fingerprint density at radius 2 is 0.739 bits per heavy atom. The maximum atomic E-state index is 9.06. The van der Waals surface area contributed by atoms with Crippen molar-refractivity contribution in [3.8, 4) is 0 Å². The first kappa shape index (κ1) is 27.5. The molecule has 144 valence electrons. The highest BCUT2D eigenvalue weighted by Gasteiger charge is 2.27. The Kier molecular flexibility index (Phi) is 12.5. The molecule has 0 rings (SSSR count). The predicted octanol–water partition coefficient (Wildman–Crippen LogP) is -1.86. The summed E-state index contributed by atoms with van der Waals surface area (Å²) in [5.74, 6) is 0. The van der Waals surface area contributed by atoms with Gasteiger partial charge in [-0.25, -0.2) is 0 Å². The molecule has 0 radical (unpaired) electrons. The maximum absolute atomic E-state index is 9.06. The van der Waals surface area contributed by atoms with Crippen LogP contribution in [0.4, 0.5) is 0 Å². The van der Waals surface area contributed by atoms with E-state index >= 15 is 0 Å². The van der Waals surface area contributed by atoms with Gasteiger partial charge in [-0.2, -0.15) is 0 Å². The molecule has 4 atom stereocenters. The third-order valence-electron chi connectivity index (χ3n) is 3.85. The van der Waals surface area contributed by atoms with Crippen molar-refractivity contribution in [1.29, 1.82) is 0 Å². The number of rotatable bonds is 4. The zero-order chi connectivity index (χ0) is 19.8. The number of hydrogen-bond acceptors (Lipinski definition) is 8. The lowest BCUT2D eigenvalue weighted by molar-refractivity contribution is -0.974. The molecule has 0 spiro atoms. The Bertz CT molecular complexity index is 353. The first-order valence-corrected chi connectivity index (χ1v) is 8.16. The van der Waals surface area contributed by atoms with E-state index in [0.29, 0.717) is 0 Å². The van der Waals surface area contributed by atoms with E-state index < -0.39 is 35.3 Å². The quantitative estimate of drug-likeness (QED) is 0.195. The van der Waals surface area contributed by atoms with Gasteiger partial charge in [-0.3, -0.25) is 17.4 Å². The molecule has 4 N–H and O–H groups in total. The van der Waals surface area contributed by atoms with Crippen LogP contribution in [0.1, 0.15) is 27.7 Å². The van der Waals surface area contributed by atoms with Crippen LogP contribution in [0.25, 0.3) is 0 Å². The first-order valence-electron chi connectivity index (χ1n) is 6.83. The smallest absolute Gasteiger partial charge is 0.189 e. The van der Waals surface area contributed by atoms with Crippen LogP contribution in [0.5, 0.6) is 0 Å². The zero-order valence-corrected chi connectivity index (χ0v) is 15.9. The molecule has 0 fully saturated rings. The number of aliphatic hydroxyl groups is 4. The molecule has 0 amide bonds. The minimum absolute atomic E-state index is 0.222. The number of hydrogen-bond donors (Lipinski definition) is 4. The normalized spacial score (nSPS) is 17.7. The monoisotopic (exact) mass is 364 g/mol. The number of nitrogens with zero attached hydrogens (tertiary/aromatic N) is 2. The largest absolute Gasteiger partial charge is 0.759 e. The molecule has 0 aliphatic heterocycles. The van der Waals surface area contributed by atoms with E-state index in [9.17, 15) is 0 Å². The summed E-state index contributed by atoms with van der Waals surface area (Å²) in [4.78, 5) is 0. The Balaban J connectivity index is -0.000000273. The molecule has 0 aliphatic carbocycles. The second-order valence-electron chi connectivity index (χ2n) is 6.19. The van der Waals surface area contributed by atoms with E-state index in [4.69, 9.17) is 37.9 Å². The van der Waals surface area contributed by atoms with Crippen molar-refractivity contribution in [2.75, 3.05) is 28.2 Å². The molecular formula is C12H32N2O8S. The molecule has 0 aromatic rings. The topological polar surface area (TPSA) is 161 Å². The summed E-state index contributed by atoms with van der Waals surface area (Å²) >= 11 is 0. The summed E-state index contributed by atoms with van der Waals surface area (Å²) in [5.41, 5.74) is 0. The van der Waals surface area contributed by atoms with Gasteiger partial charge in [0.25, 0.3) is 0 Å². The lowest BCUT2D eigenvalue weighted by Gasteiger charge is -2.35. The van der Waals surface area contributed by atoms with Crippen LogP contribution in [0, 0.1) is 0 Å². The van der Waals surface area contributed by atoms with Crippen molar-refractivity contribution in [2.45, 2.75) is 52.6 Å². The summed E-state index contributed by atoms with van der Waals surface area (Å²) < 4.78 is 34.5. The van der Waals surface area contributed by atoms with Gasteiger partial charge in [0.1, 0.15) is 0 Å². The Labute approximate surface area is 139 Å². The van der Waals surface area contributed by atoms with Crippen molar-refractivity contribution in [2.24, 2.45) is 0 Å². The molecular weight excluding hydrogens is 332 g/mol. The minimum atomic E-state index is -5.17. The lowest BCUT2D eigenvalue weighted by Crippen LogP contribution is -2.53. The van der Waals surface area contributed by atoms with Gasteiger partial charge in [0.2, 0.25) is 0 Å². The van der Waals surface area contributed by atoms with E-state index in [-0.39, 0.29) is 8.97 Å². The predicted molar refractivity (Wildman–Crippen MR) is 81.4 cm³/mol. The van der Waals surface area contributed by atoms with Crippen molar-refractivity contribution >= 4 is 10.4 Å². The van der Waals surface area contributed by atoms with Gasteiger partial charge in [-0.05, 0) is 0 Å². The van der Waals surface area contributed by atoms with Crippen LogP contribution >= 0.6 is 0 Å². The van der Waals surface area contributed by atoms with Gasteiger partial charge < -0.3 is 29.5 Å². The maximum Gasteiger partial charge on any atom is 0.189 e. The van der Waals surface area contributed by atoms with E-state index in [0.717, 1.165) is 0 Å². The average molecular weight is 364 g/mol. The molecule has 0 aromatic carbocycles. The standard InChI is InChI=1S/2C6H16NO2.H2O4S/c2*1-5(8)7(3,4)6(2)9;1-5(2,3)4/h2*5-6,8-9H,1-4H3;(H2,1,2,3,4)/q2*+1;/p-2. The van der Waals surface area contributed by atoms with Crippen LogP contribution < -0.4 is 0 Å². The molecule has 0 aromatic heterocycles. The van der Waals surface area contributed by atoms with Gasteiger partial charge in [-0.1, -0.05) is 0 Å². The summed E-state index contributed by atoms with van der Waals surface area (Å²) in [6.45, 7) is 6.64. The second kappa shape index (κ2) is 10.5. The lowest BCUT2D eigenvalue weighted by atomic mass is 10.4. The third kappa shape index (κ3) is 14.9. The molecule has 0 bridgehead atoms. The fourth-order valence-electron chi connectivity index (χ4n) is 0.624. The fraction of sp³-hybridized carbons (Fsp3) is 1.00. The van der Waals surface area contributed by atoms with Gasteiger partial charge >= 0.3 is 0 Å². The number of quaternary nitrogens is 2. The molecule has 0 aliphatic rings. The Morgan fingerprint density at radius 1 is 0.652 bits per heavy atom. The SMILES string of the molecule is CC(O)[N+](C)(C)C(C)O.CC(O)[N+](C)(C)C(C)O.O=S(=O)([O-])[O-]. The van der Waals surface area contributed by atoms with Crippen molar-refractivity contribution < 1.29 is 46.9 Å². The fourth-order valence-corrected chi connectivity index (χ4v) is 0.624. The van der Waals surface area contributed by atoms with Gasteiger partial charge in [0.05, 0.1) is 28.2 Å². The average Bonchev–Trinajstić information content (AvgIpc) is 2.26. The van der Waals surface area contributed by atoms with Gasteiger partial charge in [0, 0.05) is 38.1 Å². The first-order chi connectivity index (χ1) is 9.77. The molecule has 10 nitrogen and oxygen atoms in total. The van der Waals surface area contributed by atoms with Crippen molar-refractivity contribution in [3.05, 3.63) is 0 Å². The molecule has 23 heavy (non-hydrogen) atoms. The van der Waals surface area contributed by atoms with E-state index in [1.807, 2.05) is 0 Å². The van der Waals surface area contributed by atoms with Crippen LogP contribution in [-0.4, -0.2) is 100 Å². The minimum Gasteiger partial charge on any atom is -0.759 e. The van der Waals surface area contributed by atoms with E-state index in [2.05, 4.69) is 0 Å². The summed E-state index contributed by atoms with van der Waals surface area (Å²) in [5, 5.41) is 36.3.